The van der Waals surface area contributed by atoms with E-state index >= 15 is 0 Å². The smallest absolute Gasteiger partial charge is 0.254 e. The van der Waals surface area contributed by atoms with Crippen molar-refractivity contribution in [2.75, 3.05) is 50.9 Å². The first-order valence-electron chi connectivity index (χ1n) is 8.75. The SMILES string of the molecule is CCOc1ccc2c(c1)C(NC(C)=O)C(=O)N2CCN1CCOCC1.[Cl-]. The van der Waals surface area contributed by atoms with E-state index in [9.17, 15) is 9.59 Å². The number of morpholine rings is 1. The van der Waals surface area contributed by atoms with Gasteiger partial charge in [0.05, 0.1) is 19.8 Å². The van der Waals surface area contributed by atoms with Crippen LogP contribution in [-0.4, -0.2) is 62.7 Å². The molecule has 1 unspecified atom stereocenters. The molecule has 26 heavy (non-hydrogen) atoms. The fourth-order valence-corrected chi connectivity index (χ4v) is 3.31. The Kier molecular flexibility index (Phi) is 7.25. The van der Waals surface area contributed by atoms with Gasteiger partial charge < -0.3 is 32.1 Å². The molecule has 144 valence electrons. The molecule has 0 spiro atoms. The highest BCUT2D eigenvalue weighted by Gasteiger charge is 2.38. The Bertz CT molecular complexity index is 649. The molecule has 0 aliphatic carbocycles. The Morgan fingerprint density at radius 1 is 1.31 bits per heavy atom. The summed E-state index contributed by atoms with van der Waals surface area (Å²) in [5.74, 6) is 0.396. The summed E-state index contributed by atoms with van der Waals surface area (Å²) in [5, 5.41) is 2.77. The number of benzene rings is 1. The van der Waals surface area contributed by atoms with Crippen LogP contribution in [0.5, 0.6) is 5.75 Å². The number of amides is 2. The van der Waals surface area contributed by atoms with Crippen LogP contribution in [0.25, 0.3) is 0 Å². The maximum Gasteiger partial charge on any atom is 0.254 e. The van der Waals surface area contributed by atoms with E-state index in [2.05, 4.69) is 10.2 Å². The second-order valence-corrected chi connectivity index (χ2v) is 6.23. The van der Waals surface area contributed by atoms with Gasteiger partial charge in [-0.2, -0.15) is 0 Å². The zero-order valence-corrected chi connectivity index (χ0v) is 15.9. The quantitative estimate of drug-likeness (QED) is 0.613. The van der Waals surface area contributed by atoms with Crippen molar-refractivity contribution in [2.24, 2.45) is 0 Å². The van der Waals surface area contributed by atoms with E-state index in [1.807, 2.05) is 25.1 Å². The first kappa shape index (κ1) is 20.5. The van der Waals surface area contributed by atoms with Crippen LogP contribution in [0.2, 0.25) is 0 Å². The van der Waals surface area contributed by atoms with E-state index in [4.69, 9.17) is 9.47 Å². The molecule has 1 fully saturated rings. The third kappa shape index (κ3) is 4.47. The summed E-state index contributed by atoms with van der Waals surface area (Å²) in [6.07, 6.45) is 0. The lowest BCUT2D eigenvalue weighted by molar-refractivity contribution is -0.126. The highest BCUT2D eigenvalue weighted by atomic mass is 35.5. The normalized spacial score (nSPS) is 19.7. The van der Waals surface area contributed by atoms with Crippen molar-refractivity contribution < 1.29 is 31.5 Å². The molecule has 1 aromatic carbocycles. The van der Waals surface area contributed by atoms with E-state index in [0.29, 0.717) is 18.9 Å². The summed E-state index contributed by atoms with van der Waals surface area (Å²) >= 11 is 0. The Labute approximate surface area is 160 Å². The summed E-state index contributed by atoms with van der Waals surface area (Å²) in [6.45, 7) is 8.50. The number of carbonyl (C=O) groups is 2. The number of carbonyl (C=O) groups excluding carboxylic acids is 2. The van der Waals surface area contributed by atoms with Crippen LogP contribution in [0.3, 0.4) is 0 Å². The molecule has 7 nitrogen and oxygen atoms in total. The standard InChI is InChI=1S/C18H25N3O4.ClH/c1-3-25-14-4-5-16-15(12-14)17(19-13(2)22)18(23)21(16)7-6-20-8-10-24-11-9-20;/h4-5,12,17H,3,6-11H2,1-2H3,(H,19,22);1H/p-1. The van der Waals surface area contributed by atoms with Crippen LogP contribution in [-0.2, 0) is 14.3 Å². The third-order valence-electron chi connectivity index (χ3n) is 4.52. The summed E-state index contributed by atoms with van der Waals surface area (Å²) in [6, 6.07) is 4.98. The summed E-state index contributed by atoms with van der Waals surface area (Å²) in [5.41, 5.74) is 1.65. The van der Waals surface area contributed by atoms with Gasteiger partial charge in [-0.3, -0.25) is 14.5 Å². The predicted octanol–water partition coefficient (Wildman–Crippen LogP) is -2.05. The summed E-state index contributed by atoms with van der Waals surface area (Å²) < 4.78 is 10.9. The number of hydrogen-bond donors (Lipinski definition) is 1. The van der Waals surface area contributed by atoms with Crippen LogP contribution < -0.4 is 27.4 Å². The van der Waals surface area contributed by atoms with Crippen molar-refractivity contribution in [2.45, 2.75) is 19.9 Å². The minimum absolute atomic E-state index is 0. The largest absolute Gasteiger partial charge is 1.00 e. The Morgan fingerprint density at radius 2 is 2.04 bits per heavy atom. The second kappa shape index (κ2) is 9.21. The van der Waals surface area contributed by atoms with E-state index < -0.39 is 6.04 Å². The van der Waals surface area contributed by atoms with Crippen molar-refractivity contribution in [3.8, 4) is 5.75 Å². The van der Waals surface area contributed by atoms with Gasteiger partial charge in [-0.25, -0.2) is 0 Å². The zero-order chi connectivity index (χ0) is 17.8. The van der Waals surface area contributed by atoms with Crippen molar-refractivity contribution >= 4 is 17.5 Å². The molecule has 2 heterocycles. The first-order chi connectivity index (χ1) is 12.1. The number of anilines is 1. The van der Waals surface area contributed by atoms with Gasteiger partial charge in [-0.15, -0.1) is 0 Å². The molecule has 8 heteroatoms. The van der Waals surface area contributed by atoms with Gasteiger partial charge in [-0.05, 0) is 25.1 Å². The van der Waals surface area contributed by atoms with Gasteiger partial charge >= 0.3 is 0 Å². The number of nitrogens with zero attached hydrogens (tertiary/aromatic N) is 2. The molecule has 0 saturated carbocycles. The molecule has 0 aromatic heterocycles. The highest BCUT2D eigenvalue weighted by Crippen LogP contribution is 2.38. The first-order valence-corrected chi connectivity index (χ1v) is 8.75. The molecular weight excluding hydrogens is 358 g/mol. The van der Waals surface area contributed by atoms with Crippen LogP contribution >= 0.6 is 0 Å². The predicted molar refractivity (Wildman–Crippen MR) is 93.8 cm³/mol. The maximum absolute atomic E-state index is 12.9. The van der Waals surface area contributed by atoms with Crippen LogP contribution in [0.15, 0.2) is 18.2 Å². The minimum atomic E-state index is -0.641. The minimum Gasteiger partial charge on any atom is -1.00 e. The Balaban J connectivity index is 0.00000243. The number of fused-ring (bicyclic) bond motifs is 1. The Hall–Kier alpha value is -1.83. The molecule has 1 saturated heterocycles. The molecule has 1 aromatic rings. The molecule has 0 bridgehead atoms. The van der Waals surface area contributed by atoms with E-state index in [0.717, 1.165) is 44.1 Å². The molecule has 2 aliphatic rings. The second-order valence-electron chi connectivity index (χ2n) is 6.23. The topological polar surface area (TPSA) is 71.1 Å². The number of hydrogen-bond acceptors (Lipinski definition) is 5. The van der Waals surface area contributed by atoms with Gasteiger partial charge in [0.15, 0.2) is 0 Å². The molecule has 3 rings (SSSR count). The van der Waals surface area contributed by atoms with Crippen molar-refractivity contribution in [3.63, 3.8) is 0 Å². The average molecular weight is 383 g/mol. The van der Waals surface area contributed by atoms with Crippen LogP contribution in [0.1, 0.15) is 25.5 Å². The zero-order valence-electron chi connectivity index (χ0n) is 15.2. The number of rotatable bonds is 6. The van der Waals surface area contributed by atoms with Gasteiger partial charge in [0, 0.05) is 44.4 Å². The average Bonchev–Trinajstić information content (AvgIpc) is 2.85. The van der Waals surface area contributed by atoms with Gasteiger partial charge in [0.2, 0.25) is 5.91 Å². The van der Waals surface area contributed by atoms with Gasteiger partial charge in [-0.1, -0.05) is 0 Å². The van der Waals surface area contributed by atoms with Gasteiger partial charge in [0.1, 0.15) is 11.8 Å². The van der Waals surface area contributed by atoms with Crippen LogP contribution in [0.4, 0.5) is 5.69 Å². The van der Waals surface area contributed by atoms with Gasteiger partial charge in [0.25, 0.3) is 5.91 Å². The molecule has 1 atom stereocenters. The van der Waals surface area contributed by atoms with Crippen molar-refractivity contribution in [1.29, 1.82) is 0 Å². The lowest BCUT2D eigenvalue weighted by atomic mass is 10.1. The maximum atomic E-state index is 12.9. The molecule has 2 amide bonds. The number of halogens is 1. The molecule has 1 N–H and O–H groups in total. The van der Waals surface area contributed by atoms with E-state index in [-0.39, 0.29) is 24.2 Å². The fraction of sp³-hybridized carbons (Fsp3) is 0.556. The monoisotopic (exact) mass is 382 g/mol. The summed E-state index contributed by atoms with van der Waals surface area (Å²) in [7, 11) is 0. The molecule has 0 radical (unpaired) electrons. The third-order valence-corrected chi connectivity index (χ3v) is 4.52. The number of ether oxygens (including phenoxy) is 2. The van der Waals surface area contributed by atoms with Crippen molar-refractivity contribution in [1.82, 2.24) is 10.2 Å². The number of nitrogens with one attached hydrogen (secondary N) is 1. The lowest BCUT2D eigenvalue weighted by Crippen LogP contribution is -3.00. The molecule has 2 aliphatic heterocycles. The van der Waals surface area contributed by atoms with Crippen LogP contribution in [0, 0.1) is 0 Å². The lowest BCUT2D eigenvalue weighted by Gasteiger charge is -2.28. The van der Waals surface area contributed by atoms with E-state index in [1.54, 1.807) is 4.90 Å². The highest BCUT2D eigenvalue weighted by molar-refractivity contribution is 6.06. The van der Waals surface area contributed by atoms with Crippen molar-refractivity contribution in [3.05, 3.63) is 23.8 Å². The molecular formula is C18H25ClN3O4-. The summed E-state index contributed by atoms with van der Waals surface area (Å²) in [4.78, 5) is 28.5. The Morgan fingerprint density at radius 3 is 2.69 bits per heavy atom. The fourth-order valence-electron chi connectivity index (χ4n) is 3.31. The van der Waals surface area contributed by atoms with E-state index in [1.165, 1.54) is 6.92 Å².